The van der Waals surface area contributed by atoms with Gasteiger partial charge in [-0.15, -0.1) is 0 Å². The lowest BCUT2D eigenvalue weighted by molar-refractivity contribution is -0.245. The highest BCUT2D eigenvalue weighted by atomic mass is 32.2. The van der Waals surface area contributed by atoms with E-state index in [1.54, 1.807) is 37.3 Å². The minimum Gasteiger partial charge on any atom is -0.450 e. The fourth-order valence-corrected chi connectivity index (χ4v) is 3.80. The number of rotatable bonds is 5. The highest BCUT2D eigenvalue weighted by molar-refractivity contribution is 7.86. The van der Waals surface area contributed by atoms with Crippen LogP contribution in [0.25, 0.3) is 0 Å². The fraction of sp³-hybridized carbons (Fsp3) is 0.316. The van der Waals surface area contributed by atoms with Crippen LogP contribution in [0.3, 0.4) is 0 Å². The molecule has 0 aliphatic carbocycles. The molecule has 1 aliphatic heterocycles. The molecular weight excluding hydrogens is 388 g/mol. The number of hydrogen-bond donors (Lipinski definition) is 2. The van der Waals surface area contributed by atoms with Crippen molar-refractivity contribution in [1.82, 2.24) is 0 Å². The summed E-state index contributed by atoms with van der Waals surface area (Å²) in [6.45, 7) is 1.42. The maximum Gasteiger partial charge on any atom is 0.338 e. The van der Waals surface area contributed by atoms with E-state index in [-0.39, 0.29) is 17.1 Å². The van der Waals surface area contributed by atoms with Gasteiger partial charge in [0.1, 0.15) is 12.2 Å². The van der Waals surface area contributed by atoms with Crippen LogP contribution in [0.2, 0.25) is 0 Å². The number of aryl methyl sites for hydroxylation is 1. The Hall–Kier alpha value is -2.30. The lowest BCUT2D eigenvalue weighted by atomic mass is 10.1. The number of carbonyl (C=O) groups is 1. The molecule has 150 valence electrons. The van der Waals surface area contributed by atoms with Crippen LogP contribution < -0.4 is 0 Å². The van der Waals surface area contributed by atoms with Gasteiger partial charge in [0.25, 0.3) is 10.1 Å². The quantitative estimate of drug-likeness (QED) is 0.556. The van der Waals surface area contributed by atoms with E-state index < -0.39 is 40.7 Å². The Labute approximate surface area is 162 Å². The zero-order chi connectivity index (χ0) is 20.3. The Kier molecular flexibility index (Phi) is 6.11. The van der Waals surface area contributed by atoms with Crippen LogP contribution in [0, 0.1) is 6.92 Å². The monoisotopic (exact) mass is 408 g/mol. The highest BCUT2D eigenvalue weighted by Crippen LogP contribution is 2.25. The molecule has 2 N–H and O–H groups in total. The maximum atomic E-state index is 12.6. The van der Waals surface area contributed by atoms with Crippen molar-refractivity contribution in [3.05, 3.63) is 65.7 Å². The molecule has 0 aromatic heterocycles. The summed E-state index contributed by atoms with van der Waals surface area (Å²) in [4.78, 5) is 12.2. The number of benzene rings is 2. The van der Waals surface area contributed by atoms with E-state index in [1.807, 2.05) is 0 Å². The molecule has 9 heteroatoms. The molecule has 1 aliphatic rings. The Morgan fingerprint density at radius 3 is 2.32 bits per heavy atom. The van der Waals surface area contributed by atoms with Gasteiger partial charge in [-0.2, -0.15) is 8.42 Å². The van der Waals surface area contributed by atoms with Gasteiger partial charge in [0.15, 0.2) is 12.4 Å². The number of hydrogen-bond acceptors (Lipinski definition) is 8. The Balaban J connectivity index is 1.83. The first-order valence-electron chi connectivity index (χ1n) is 8.51. The summed E-state index contributed by atoms with van der Waals surface area (Å²) >= 11 is 0. The average molecular weight is 408 g/mol. The van der Waals surface area contributed by atoms with Crippen LogP contribution in [-0.2, 0) is 23.8 Å². The maximum absolute atomic E-state index is 12.6. The lowest BCUT2D eigenvalue weighted by Crippen LogP contribution is -2.56. The topological polar surface area (TPSA) is 119 Å². The van der Waals surface area contributed by atoms with Crippen LogP contribution in [0.5, 0.6) is 0 Å². The summed E-state index contributed by atoms with van der Waals surface area (Å²) in [6, 6.07) is 13.8. The SMILES string of the molecule is Cc1ccc(S(=O)(=O)O[C@H]2[C@@H](OC(=O)c3ccccc3)[C@@H](O)OC[C@@H]2O)cc1. The second-order valence-corrected chi connectivity index (χ2v) is 7.93. The van der Waals surface area contributed by atoms with Gasteiger partial charge in [-0.1, -0.05) is 35.9 Å². The summed E-state index contributed by atoms with van der Waals surface area (Å²) in [6.07, 6.45) is -6.18. The third kappa shape index (κ3) is 4.57. The molecule has 8 nitrogen and oxygen atoms in total. The molecule has 0 radical (unpaired) electrons. The molecule has 2 aromatic rings. The van der Waals surface area contributed by atoms with E-state index in [2.05, 4.69) is 0 Å². The molecule has 0 bridgehead atoms. The largest absolute Gasteiger partial charge is 0.450 e. The minimum atomic E-state index is -4.28. The van der Waals surface area contributed by atoms with E-state index in [4.69, 9.17) is 13.7 Å². The molecule has 1 fully saturated rings. The van der Waals surface area contributed by atoms with E-state index in [0.717, 1.165) is 5.56 Å². The normalized spacial score (nSPS) is 25.2. The number of ether oxygens (including phenoxy) is 2. The van der Waals surface area contributed by atoms with Crippen molar-refractivity contribution < 1.29 is 37.1 Å². The van der Waals surface area contributed by atoms with Gasteiger partial charge in [-0.25, -0.2) is 4.79 Å². The third-order valence-corrected chi connectivity index (χ3v) is 5.55. The van der Waals surface area contributed by atoms with Crippen molar-refractivity contribution >= 4 is 16.1 Å². The Morgan fingerprint density at radius 1 is 1.04 bits per heavy atom. The summed E-state index contributed by atoms with van der Waals surface area (Å²) < 4.78 is 40.4. The Bertz CT molecular complexity index is 911. The van der Waals surface area contributed by atoms with Crippen LogP contribution in [0.1, 0.15) is 15.9 Å². The van der Waals surface area contributed by atoms with Crippen molar-refractivity contribution in [2.45, 2.75) is 36.4 Å². The van der Waals surface area contributed by atoms with Gasteiger partial charge in [0.05, 0.1) is 17.1 Å². The molecule has 0 saturated carbocycles. The molecule has 3 rings (SSSR count). The number of aliphatic hydroxyl groups excluding tert-OH is 2. The van der Waals surface area contributed by atoms with Crippen molar-refractivity contribution in [2.75, 3.05) is 6.61 Å². The summed E-state index contributed by atoms with van der Waals surface area (Å²) in [5, 5.41) is 20.2. The van der Waals surface area contributed by atoms with Crippen LogP contribution >= 0.6 is 0 Å². The molecule has 4 atom stereocenters. The van der Waals surface area contributed by atoms with Gasteiger partial charge in [0, 0.05) is 0 Å². The fourth-order valence-electron chi connectivity index (χ4n) is 2.68. The van der Waals surface area contributed by atoms with Gasteiger partial charge < -0.3 is 19.7 Å². The van der Waals surface area contributed by atoms with Crippen LogP contribution in [-0.4, -0.2) is 55.8 Å². The molecule has 0 unspecified atom stereocenters. The first-order chi connectivity index (χ1) is 13.3. The zero-order valence-corrected chi connectivity index (χ0v) is 15.8. The number of aliphatic hydroxyl groups is 2. The number of esters is 1. The second kappa shape index (κ2) is 8.38. The van der Waals surface area contributed by atoms with Gasteiger partial charge in [-0.05, 0) is 31.2 Å². The predicted molar refractivity (Wildman–Crippen MR) is 96.8 cm³/mol. The van der Waals surface area contributed by atoms with Gasteiger partial charge >= 0.3 is 5.97 Å². The summed E-state index contributed by atoms with van der Waals surface area (Å²) in [5.74, 6) is -0.816. The van der Waals surface area contributed by atoms with E-state index in [1.165, 1.54) is 24.3 Å². The molecule has 0 amide bonds. The van der Waals surface area contributed by atoms with Crippen molar-refractivity contribution in [3.63, 3.8) is 0 Å². The summed E-state index contributed by atoms with van der Waals surface area (Å²) in [7, 11) is -4.28. The van der Waals surface area contributed by atoms with Gasteiger partial charge in [-0.3, -0.25) is 4.18 Å². The smallest absolute Gasteiger partial charge is 0.338 e. The summed E-state index contributed by atoms with van der Waals surface area (Å²) in [5.41, 5.74) is 1.05. The minimum absolute atomic E-state index is 0.126. The third-order valence-electron chi connectivity index (χ3n) is 4.22. The Morgan fingerprint density at radius 2 is 1.68 bits per heavy atom. The van der Waals surface area contributed by atoms with Crippen molar-refractivity contribution in [3.8, 4) is 0 Å². The standard InChI is InChI=1S/C19H20O8S/c1-12-7-9-14(10-8-12)28(23,24)27-16-15(20)11-25-19(22)17(16)26-18(21)13-5-3-2-4-6-13/h2-10,15-17,19-20,22H,11H2,1H3/t15-,16+,17+,19-/m0/s1. The average Bonchev–Trinajstić information content (AvgIpc) is 2.68. The van der Waals surface area contributed by atoms with Crippen LogP contribution in [0.15, 0.2) is 59.5 Å². The van der Waals surface area contributed by atoms with Crippen molar-refractivity contribution in [1.29, 1.82) is 0 Å². The predicted octanol–water partition coefficient (Wildman–Crippen LogP) is 1.00. The second-order valence-electron chi connectivity index (χ2n) is 6.36. The van der Waals surface area contributed by atoms with Crippen molar-refractivity contribution in [2.24, 2.45) is 0 Å². The van der Waals surface area contributed by atoms with Crippen LogP contribution in [0.4, 0.5) is 0 Å². The van der Waals surface area contributed by atoms with E-state index in [0.29, 0.717) is 0 Å². The molecule has 2 aromatic carbocycles. The first kappa shape index (κ1) is 20.4. The first-order valence-corrected chi connectivity index (χ1v) is 9.92. The molecule has 1 saturated heterocycles. The number of carbonyl (C=O) groups excluding carboxylic acids is 1. The lowest BCUT2D eigenvalue weighted by Gasteiger charge is -2.36. The highest BCUT2D eigenvalue weighted by Gasteiger charge is 2.45. The molecule has 0 spiro atoms. The van der Waals surface area contributed by atoms with E-state index >= 15 is 0 Å². The van der Waals surface area contributed by atoms with E-state index in [9.17, 15) is 23.4 Å². The molecular formula is C19H20O8S. The van der Waals surface area contributed by atoms with Gasteiger partial charge in [0.2, 0.25) is 0 Å². The molecule has 1 heterocycles. The zero-order valence-electron chi connectivity index (χ0n) is 15.0. The molecule has 28 heavy (non-hydrogen) atoms.